The third-order valence-corrected chi connectivity index (χ3v) is 3.94. The lowest BCUT2D eigenvalue weighted by molar-refractivity contribution is -0.137. The number of aliphatic carboxylic acids is 1. The SMILES string of the molecule is O=C(O)CCCCNC(=O)c1ccnc(OC2CCCCC2)c1. The van der Waals surface area contributed by atoms with E-state index in [0.717, 1.165) is 12.8 Å². The highest BCUT2D eigenvalue weighted by Gasteiger charge is 2.16. The first kappa shape index (κ1) is 17.2. The number of hydrogen-bond acceptors (Lipinski definition) is 4. The lowest BCUT2D eigenvalue weighted by Gasteiger charge is -2.22. The Balaban J connectivity index is 1.78. The summed E-state index contributed by atoms with van der Waals surface area (Å²) in [6, 6.07) is 3.32. The van der Waals surface area contributed by atoms with Crippen molar-refractivity contribution in [1.82, 2.24) is 10.3 Å². The van der Waals surface area contributed by atoms with E-state index in [0.29, 0.717) is 30.8 Å². The molecule has 0 unspecified atom stereocenters. The number of ether oxygens (including phenoxy) is 1. The predicted molar refractivity (Wildman–Crippen MR) is 85.6 cm³/mol. The number of carbonyl (C=O) groups excluding carboxylic acids is 1. The standard InChI is InChI=1S/C17H24N2O4/c20-16(21)8-4-5-10-19-17(22)13-9-11-18-15(12-13)23-14-6-2-1-3-7-14/h9,11-12,14H,1-8,10H2,(H,19,22)(H,20,21). The summed E-state index contributed by atoms with van der Waals surface area (Å²) < 4.78 is 5.86. The van der Waals surface area contributed by atoms with E-state index in [2.05, 4.69) is 10.3 Å². The van der Waals surface area contributed by atoms with Crippen molar-refractivity contribution in [2.45, 2.75) is 57.5 Å². The van der Waals surface area contributed by atoms with E-state index in [1.165, 1.54) is 19.3 Å². The second-order valence-corrected chi connectivity index (χ2v) is 5.87. The number of carbonyl (C=O) groups is 2. The molecule has 1 fully saturated rings. The molecule has 1 amide bonds. The summed E-state index contributed by atoms with van der Waals surface area (Å²) in [6.45, 7) is 0.466. The van der Waals surface area contributed by atoms with Crippen LogP contribution >= 0.6 is 0 Å². The average molecular weight is 320 g/mol. The van der Waals surface area contributed by atoms with Crippen LogP contribution in [0.1, 0.15) is 61.7 Å². The first-order valence-electron chi connectivity index (χ1n) is 8.28. The molecule has 126 valence electrons. The molecule has 6 nitrogen and oxygen atoms in total. The number of unbranched alkanes of at least 4 members (excludes halogenated alkanes) is 1. The van der Waals surface area contributed by atoms with Crippen LogP contribution in [0.5, 0.6) is 5.88 Å². The molecule has 1 aliphatic carbocycles. The molecule has 1 aliphatic rings. The number of rotatable bonds is 8. The summed E-state index contributed by atoms with van der Waals surface area (Å²) >= 11 is 0. The summed E-state index contributed by atoms with van der Waals surface area (Å²) in [6.07, 6.45) is 8.83. The van der Waals surface area contributed by atoms with Crippen LogP contribution in [-0.4, -0.2) is 34.6 Å². The van der Waals surface area contributed by atoms with Crippen molar-refractivity contribution >= 4 is 11.9 Å². The molecule has 1 saturated carbocycles. The molecule has 2 N–H and O–H groups in total. The first-order valence-corrected chi connectivity index (χ1v) is 8.28. The minimum absolute atomic E-state index is 0.129. The number of nitrogens with zero attached hydrogens (tertiary/aromatic N) is 1. The van der Waals surface area contributed by atoms with Gasteiger partial charge in [0.15, 0.2) is 0 Å². The van der Waals surface area contributed by atoms with Crippen LogP contribution in [0.2, 0.25) is 0 Å². The molecule has 0 bridgehead atoms. The number of amides is 1. The Morgan fingerprint density at radius 1 is 1.26 bits per heavy atom. The number of nitrogens with one attached hydrogen (secondary N) is 1. The Morgan fingerprint density at radius 2 is 2.04 bits per heavy atom. The molecule has 0 aromatic carbocycles. The van der Waals surface area contributed by atoms with E-state index in [1.807, 2.05) is 0 Å². The molecule has 0 radical (unpaired) electrons. The second-order valence-electron chi connectivity index (χ2n) is 5.87. The van der Waals surface area contributed by atoms with E-state index in [-0.39, 0.29) is 18.4 Å². The van der Waals surface area contributed by atoms with Crippen LogP contribution in [0.4, 0.5) is 0 Å². The maximum absolute atomic E-state index is 12.1. The highest BCUT2D eigenvalue weighted by Crippen LogP contribution is 2.22. The summed E-state index contributed by atoms with van der Waals surface area (Å²) in [5, 5.41) is 11.3. The highest BCUT2D eigenvalue weighted by atomic mass is 16.5. The van der Waals surface area contributed by atoms with Gasteiger partial charge in [0.1, 0.15) is 6.10 Å². The molecular weight excluding hydrogens is 296 g/mol. The van der Waals surface area contributed by atoms with Crippen LogP contribution in [0.3, 0.4) is 0 Å². The van der Waals surface area contributed by atoms with Gasteiger partial charge in [0.2, 0.25) is 5.88 Å². The van der Waals surface area contributed by atoms with Crippen molar-refractivity contribution in [1.29, 1.82) is 0 Å². The van der Waals surface area contributed by atoms with Gasteiger partial charge in [0.25, 0.3) is 5.91 Å². The zero-order chi connectivity index (χ0) is 16.5. The number of pyridine rings is 1. The Bertz CT molecular complexity index is 527. The van der Waals surface area contributed by atoms with Crippen molar-refractivity contribution in [2.75, 3.05) is 6.54 Å². The van der Waals surface area contributed by atoms with Gasteiger partial charge >= 0.3 is 5.97 Å². The van der Waals surface area contributed by atoms with Gasteiger partial charge in [0.05, 0.1) is 0 Å². The molecule has 1 aromatic heterocycles. The van der Waals surface area contributed by atoms with Gasteiger partial charge in [0, 0.05) is 30.8 Å². The first-order chi connectivity index (χ1) is 11.1. The summed E-state index contributed by atoms with van der Waals surface area (Å²) in [4.78, 5) is 26.7. The lowest BCUT2D eigenvalue weighted by atomic mass is 9.98. The number of carboxylic acids is 1. The molecule has 0 spiro atoms. The molecule has 23 heavy (non-hydrogen) atoms. The van der Waals surface area contributed by atoms with Crippen molar-refractivity contribution in [3.8, 4) is 5.88 Å². The van der Waals surface area contributed by atoms with Gasteiger partial charge < -0.3 is 15.2 Å². The van der Waals surface area contributed by atoms with Crippen molar-refractivity contribution < 1.29 is 19.4 Å². The molecular formula is C17H24N2O4. The smallest absolute Gasteiger partial charge is 0.303 e. The largest absolute Gasteiger partial charge is 0.481 e. The van der Waals surface area contributed by atoms with Gasteiger partial charge in [-0.3, -0.25) is 9.59 Å². The summed E-state index contributed by atoms with van der Waals surface area (Å²) in [7, 11) is 0. The topological polar surface area (TPSA) is 88.5 Å². The predicted octanol–water partition coefficient (Wildman–Crippen LogP) is 2.78. The third kappa shape index (κ3) is 6.26. The van der Waals surface area contributed by atoms with E-state index in [9.17, 15) is 9.59 Å². The maximum atomic E-state index is 12.1. The van der Waals surface area contributed by atoms with Gasteiger partial charge in [-0.15, -0.1) is 0 Å². The fourth-order valence-corrected chi connectivity index (χ4v) is 2.67. The zero-order valence-corrected chi connectivity index (χ0v) is 13.3. The fraction of sp³-hybridized carbons (Fsp3) is 0.588. The second kappa shape index (κ2) is 9.12. The van der Waals surface area contributed by atoms with Gasteiger partial charge in [-0.2, -0.15) is 0 Å². The summed E-state index contributed by atoms with van der Waals surface area (Å²) in [5.74, 6) is -0.499. The maximum Gasteiger partial charge on any atom is 0.303 e. The Hall–Kier alpha value is -2.11. The Morgan fingerprint density at radius 3 is 2.78 bits per heavy atom. The average Bonchev–Trinajstić information content (AvgIpc) is 2.55. The van der Waals surface area contributed by atoms with E-state index >= 15 is 0 Å². The Kier molecular flexibility index (Phi) is 6.84. The van der Waals surface area contributed by atoms with E-state index in [1.54, 1.807) is 18.3 Å². The lowest BCUT2D eigenvalue weighted by Crippen LogP contribution is -2.25. The van der Waals surface area contributed by atoms with Crippen LogP contribution in [0.15, 0.2) is 18.3 Å². The van der Waals surface area contributed by atoms with E-state index in [4.69, 9.17) is 9.84 Å². The monoisotopic (exact) mass is 320 g/mol. The minimum atomic E-state index is -0.810. The fourth-order valence-electron chi connectivity index (χ4n) is 2.67. The van der Waals surface area contributed by atoms with E-state index < -0.39 is 5.97 Å². The van der Waals surface area contributed by atoms with Gasteiger partial charge in [-0.1, -0.05) is 6.42 Å². The number of hydrogen-bond donors (Lipinski definition) is 2. The molecule has 0 atom stereocenters. The Labute approximate surface area is 136 Å². The zero-order valence-electron chi connectivity index (χ0n) is 13.3. The van der Waals surface area contributed by atoms with Crippen molar-refractivity contribution in [3.63, 3.8) is 0 Å². The minimum Gasteiger partial charge on any atom is -0.481 e. The third-order valence-electron chi connectivity index (χ3n) is 3.94. The van der Waals surface area contributed by atoms with Crippen LogP contribution < -0.4 is 10.1 Å². The van der Waals surface area contributed by atoms with Crippen LogP contribution in [-0.2, 0) is 4.79 Å². The highest BCUT2D eigenvalue weighted by molar-refractivity contribution is 5.94. The van der Waals surface area contributed by atoms with Gasteiger partial charge in [-0.25, -0.2) is 4.98 Å². The van der Waals surface area contributed by atoms with Crippen LogP contribution in [0, 0.1) is 0 Å². The summed E-state index contributed by atoms with van der Waals surface area (Å²) in [5.41, 5.74) is 0.518. The van der Waals surface area contributed by atoms with Crippen molar-refractivity contribution in [3.05, 3.63) is 23.9 Å². The molecule has 1 aromatic rings. The molecule has 6 heteroatoms. The number of aromatic nitrogens is 1. The molecule has 1 heterocycles. The molecule has 2 rings (SSSR count). The number of carboxylic acid groups (broad SMARTS) is 1. The van der Waals surface area contributed by atoms with Crippen LogP contribution in [0.25, 0.3) is 0 Å². The van der Waals surface area contributed by atoms with Crippen molar-refractivity contribution in [2.24, 2.45) is 0 Å². The molecule has 0 aliphatic heterocycles. The van der Waals surface area contributed by atoms with Gasteiger partial charge in [-0.05, 0) is 44.6 Å². The molecule has 0 saturated heterocycles. The quantitative estimate of drug-likeness (QED) is 0.719. The normalized spacial score (nSPS) is 15.1.